The number of hydrogen-bond donors (Lipinski definition) is 1. The average molecular weight is 285 g/mol. The fourth-order valence-corrected chi connectivity index (χ4v) is 1.95. The molecule has 0 fully saturated rings. The highest BCUT2D eigenvalue weighted by Gasteiger charge is 2.02. The van der Waals surface area contributed by atoms with Gasteiger partial charge in [-0.15, -0.1) is 0 Å². The van der Waals surface area contributed by atoms with Gasteiger partial charge >= 0.3 is 5.97 Å². The number of rotatable bonds is 6. The van der Waals surface area contributed by atoms with Crippen molar-refractivity contribution in [2.45, 2.75) is 13.0 Å². The number of aliphatic carboxylic acids is 1. The van der Waals surface area contributed by atoms with Crippen LogP contribution in [0.2, 0.25) is 0 Å². The van der Waals surface area contributed by atoms with E-state index in [2.05, 4.69) is 0 Å². The fourth-order valence-electron chi connectivity index (χ4n) is 1.95. The first-order valence-corrected chi connectivity index (χ1v) is 6.74. The molecule has 21 heavy (non-hydrogen) atoms. The van der Waals surface area contributed by atoms with E-state index in [1.807, 2.05) is 67.5 Å². The Bertz CT molecular complexity index is 606. The number of carboxylic acids is 1. The molecule has 4 nitrogen and oxygen atoms in total. The lowest BCUT2D eigenvalue weighted by molar-refractivity contribution is -0.136. The van der Waals surface area contributed by atoms with Crippen LogP contribution in [-0.4, -0.2) is 25.2 Å². The molecular weight excluding hydrogens is 266 g/mol. The summed E-state index contributed by atoms with van der Waals surface area (Å²) in [6.45, 7) is 0.463. The number of nitrogens with zero attached hydrogens (tertiary/aromatic N) is 1. The number of ether oxygens (including phenoxy) is 1. The largest absolute Gasteiger partial charge is 0.489 e. The highest BCUT2D eigenvalue weighted by atomic mass is 16.5. The molecule has 0 aliphatic rings. The first kappa shape index (κ1) is 14.9. The number of anilines is 1. The molecule has 0 heterocycles. The van der Waals surface area contributed by atoms with E-state index in [9.17, 15) is 4.79 Å². The molecule has 0 saturated heterocycles. The predicted octanol–water partition coefficient (Wildman–Crippen LogP) is 2.96. The summed E-state index contributed by atoms with van der Waals surface area (Å²) in [7, 11) is 3.97. The summed E-state index contributed by atoms with van der Waals surface area (Å²) in [5.41, 5.74) is 2.89. The van der Waals surface area contributed by atoms with Crippen LogP contribution in [0.25, 0.3) is 0 Å². The van der Waals surface area contributed by atoms with Crippen LogP contribution in [0.1, 0.15) is 11.1 Å². The van der Waals surface area contributed by atoms with Crippen LogP contribution >= 0.6 is 0 Å². The van der Waals surface area contributed by atoms with E-state index in [1.54, 1.807) is 0 Å². The van der Waals surface area contributed by atoms with E-state index >= 15 is 0 Å². The van der Waals surface area contributed by atoms with Crippen molar-refractivity contribution in [3.63, 3.8) is 0 Å². The second-order valence-electron chi connectivity index (χ2n) is 5.07. The van der Waals surface area contributed by atoms with E-state index in [4.69, 9.17) is 9.84 Å². The van der Waals surface area contributed by atoms with Crippen molar-refractivity contribution >= 4 is 11.7 Å². The molecule has 0 saturated carbocycles. The Labute approximate surface area is 124 Å². The van der Waals surface area contributed by atoms with Gasteiger partial charge in [-0.2, -0.15) is 0 Å². The summed E-state index contributed by atoms with van der Waals surface area (Å²) in [6, 6.07) is 15.3. The van der Waals surface area contributed by atoms with Gasteiger partial charge in [0.05, 0.1) is 6.42 Å². The number of hydrogen-bond acceptors (Lipinski definition) is 3. The van der Waals surface area contributed by atoms with Crippen LogP contribution < -0.4 is 9.64 Å². The normalized spacial score (nSPS) is 10.2. The van der Waals surface area contributed by atoms with Gasteiger partial charge in [0, 0.05) is 25.8 Å². The molecule has 0 radical (unpaired) electrons. The fraction of sp³-hybridized carbons (Fsp3) is 0.235. The first-order valence-electron chi connectivity index (χ1n) is 6.74. The van der Waals surface area contributed by atoms with Crippen LogP contribution in [0.15, 0.2) is 48.5 Å². The molecule has 2 aromatic carbocycles. The zero-order valence-corrected chi connectivity index (χ0v) is 12.2. The minimum absolute atomic E-state index is 0.0476. The Morgan fingerprint density at radius 2 is 1.76 bits per heavy atom. The van der Waals surface area contributed by atoms with E-state index < -0.39 is 5.97 Å². The molecule has 0 unspecified atom stereocenters. The van der Waals surface area contributed by atoms with Crippen LogP contribution in [-0.2, 0) is 17.8 Å². The maximum atomic E-state index is 10.6. The maximum absolute atomic E-state index is 10.6. The number of carbonyl (C=O) groups is 1. The van der Waals surface area contributed by atoms with Gasteiger partial charge in [-0.1, -0.05) is 30.3 Å². The molecule has 0 atom stereocenters. The minimum Gasteiger partial charge on any atom is -0.489 e. The number of carboxylic acid groups (broad SMARTS) is 1. The molecule has 110 valence electrons. The molecule has 2 rings (SSSR count). The molecular formula is C17H19NO3. The minimum atomic E-state index is -0.820. The third-order valence-electron chi connectivity index (χ3n) is 3.12. The smallest absolute Gasteiger partial charge is 0.307 e. The highest BCUT2D eigenvalue weighted by molar-refractivity contribution is 5.70. The van der Waals surface area contributed by atoms with E-state index in [0.29, 0.717) is 6.61 Å². The Hall–Kier alpha value is -2.49. The van der Waals surface area contributed by atoms with Crippen LogP contribution in [0.4, 0.5) is 5.69 Å². The summed E-state index contributed by atoms with van der Waals surface area (Å²) in [6.07, 6.45) is 0.0476. The highest BCUT2D eigenvalue weighted by Crippen LogP contribution is 2.20. The van der Waals surface area contributed by atoms with Crippen molar-refractivity contribution in [2.75, 3.05) is 19.0 Å². The predicted molar refractivity (Wildman–Crippen MR) is 82.9 cm³/mol. The van der Waals surface area contributed by atoms with Crippen molar-refractivity contribution in [3.8, 4) is 5.75 Å². The molecule has 0 spiro atoms. The second kappa shape index (κ2) is 6.79. The molecule has 4 heteroatoms. The van der Waals surface area contributed by atoms with Crippen LogP contribution in [0.5, 0.6) is 5.75 Å². The maximum Gasteiger partial charge on any atom is 0.307 e. The van der Waals surface area contributed by atoms with Gasteiger partial charge in [-0.25, -0.2) is 0 Å². The zero-order valence-electron chi connectivity index (χ0n) is 12.2. The Kier molecular flexibility index (Phi) is 4.82. The van der Waals surface area contributed by atoms with Crippen molar-refractivity contribution in [1.82, 2.24) is 0 Å². The SMILES string of the molecule is CN(C)c1cccc(OCc2ccc(CC(=O)O)cc2)c1. The quantitative estimate of drug-likeness (QED) is 0.886. The van der Waals surface area contributed by atoms with E-state index in [-0.39, 0.29) is 6.42 Å². The molecule has 0 aromatic heterocycles. The third-order valence-corrected chi connectivity index (χ3v) is 3.12. The monoisotopic (exact) mass is 285 g/mol. The van der Waals surface area contributed by atoms with E-state index in [1.165, 1.54) is 0 Å². The molecule has 1 N–H and O–H groups in total. The summed E-state index contributed by atoms with van der Waals surface area (Å²) in [4.78, 5) is 12.6. The lowest BCUT2D eigenvalue weighted by atomic mass is 10.1. The van der Waals surface area contributed by atoms with Crippen LogP contribution in [0, 0.1) is 0 Å². The Balaban J connectivity index is 1.96. The topological polar surface area (TPSA) is 49.8 Å². The Morgan fingerprint density at radius 1 is 1.10 bits per heavy atom. The van der Waals surface area contributed by atoms with Gasteiger partial charge < -0.3 is 14.7 Å². The lowest BCUT2D eigenvalue weighted by Gasteiger charge is -2.14. The summed E-state index contributed by atoms with van der Waals surface area (Å²) >= 11 is 0. The standard InChI is InChI=1S/C17H19NO3/c1-18(2)15-4-3-5-16(11-15)21-12-14-8-6-13(7-9-14)10-17(19)20/h3-9,11H,10,12H2,1-2H3,(H,19,20). The Morgan fingerprint density at radius 3 is 2.38 bits per heavy atom. The van der Waals surface area contributed by atoms with Crippen molar-refractivity contribution in [1.29, 1.82) is 0 Å². The molecule has 0 bridgehead atoms. The van der Waals surface area contributed by atoms with Gasteiger partial charge in [0.1, 0.15) is 12.4 Å². The van der Waals surface area contributed by atoms with E-state index in [0.717, 1.165) is 22.6 Å². The van der Waals surface area contributed by atoms with Crippen molar-refractivity contribution in [3.05, 3.63) is 59.7 Å². The average Bonchev–Trinajstić information content (AvgIpc) is 2.46. The summed E-state index contributed by atoms with van der Waals surface area (Å²) in [5, 5.41) is 8.73. The van der Waals surface area contributed by atoms with Crippen molar-refractivity contribution in [2.24, 2.45) is 0 Å². The van der Waals surface area contributed by atoms with Crippen LogP contribution in [0.3, 0.4) is 0 Å². The zero-order chi connectivity index (χ0) is 15.2. The van der Waals surface area contributed by atoms with Gasteiger partial charge in [0.25, 0.3) is 0 Å². The second-order valence-corrected chi connectivity index (χ2v) is 5.07. The van der Waals surface area contributed by atoms with Gasteiger partial charge in [0.15, 0.2) is 0 Å². The lowest BCUT2D eigenvalue weighted by Crippen LogP contribution is -2.08. The first-order chi connectivity index (χ1) is 10.0. The van der Waals surface area contributed by atoms with Gasteiger partial charge in [-0.3, -0.25) is 4.79 Å². The molecule has 2 aromatic rings. The molecule has 0 aliphatic carbocycles. The van der Waals surface area contributed by atoms with Gasteiger partial charge in [0.2, 0.25) is 0 Å². The summed E-state index contributed by atoms with van der Waals surface area (Å²) < 4.78 is 5.76. The number of benzene rings is 2. The van der Waals surface area contributed by atoms with Crippen molar-refractivity contribution < 1.29 is 14.6 Å². The molecule has 0 aliphatic heterocycles. The van der Waals surface area contributed by atoms with Gasteiger partial charge in [-0.05, 0) is 23.3 Å². The third kappa shape index (κ3) is 4.53. The summed E-state index contributed by atoms with van der Waals surface area (Å²) in [5.74, 6) is -0.00434. The molecule has 0 amide bonds.